The van der Waals surface area contributed by atoms with Gasteiger partial charge in [-0.25, -0.2) is 8.42 Å². The summed E-state index contributed by atoms with van der Waals surface area (Å²) in [6.07, 6.45) is 0. The number of carbonyl (C=O) groups is 1. The van der Waals surface area contributed by atoms with Crippen LogP contribution in [0.2, 0.25) is 10.0 Å². The number of halogens is 2. The van der Waals surface area contributed by atoms with Gasteiger partial charge in [-0.3, -0.25) is 4.79 Å². The molecule has 0 bridgehead atoms. The Balaban J connectivity index is 1.69. The largest absolute Gasteiger partial charge is 0.336 e. The normalized spacial score (nSPS) is 16.0. The van der Waals surface area contributed by atoms with Gasteiger partial charge < -0.3 is 4.90 Å². The maximum Gasteiger partial charge on any atom is 0.253 e. The van der Waals surface area contributed by atoms with Crippen LogP contribution in [0, 0.1) is 0 Å². The highest BCUT2D eigenvalue weighted by Gasteiger charge is 2.30. The molecule has 0 aromatic heterocycles. The van der Waals surface area contributed by atoms with Crippen LogP contribution in [-0.4, -0.2) is 49.7 Å². The summed E-state index contributed by atoms with van der Waals surface area (Å²) in [6, 6.07) is 12.8. The summed E-state index contributed by atoms with van der Waals surface area (Å²) >= 11 is 11.7. The molecule has 8 heteroatoms. The van der Waals surface area contributed by atoms with Gasteiger partial charge in [0, 0.05) is 41.8 Å². The lowest BCUT2D eigenvalue weighted by molar-refractivity contribution is 0.0698. The summed E-state index contributed by atoms with van der Waals surface area (Å²) in [7, 11) is -3.58. The van der Waals surface area contributed by atoms with Crippen LogP contribution < -0.4 is 0 Å². The third-order valence-corrected chi connectivity index (χ3v) is 6.45. The molecule has 1 amide bonds. The molecule has 1 fully saturated rings. The zero-order chi connectivity index (χ0) is 18.0. The van der Waals surface area contributed by atoms with Gasteiger partial charge in [0.05, 0.1) is 4.90 Å². The molecule has 1 heterocycles. The van der Waals surface area contributed by atoms with Crippen LogP contribution in [0.25, 0.3) is 0 Å². The molecule has 5 nitrogen and oxygen atoms in total. The Kier molecular flexibility index (Phi) is 5.34. The molecule has 2 aromatic rings. The van der Waals surface area contributed by atoms with Crippen LogP contribution in [-0.2, 0) is 10.0 Å². The molecule has 0 radical (unpaired) electrons. The number of hydrogen-bond acceptors (Lipinski definition) is 3. The predicted molar refractivity (Wildman–Crippen MR) is 97.6 cm³/mol. The van der Waals surface area contributed by atoms with Gasteiger partial charge >= 0.3 is 0 Å². The monoisotopic (exact) mass is 398 g/mol. The highest BCUT2D eigenvalue weighted by atomic mass is 35.5. The van der Waals surface area contributed by atoms with E-state index in [2.05, 4.69) is 0 Å². The van der Waals surface area contributed by atoms with Crippen molar-refractivity contribution in [1.29, 1.82) is 0 Å². The summed E-state index contributed by atoms with van der Waals surface area (Å²) in [5, 5.41) is 0.977. The molecule has 0 spiro atoms. The summed E-state index contributed by atoms with van der Waals surface area (Å²) in [4.78, 5) is 14.3. The molecule has 1 aliphatic heterocycles. The number of rotatable bonds is 3. The van der Waals surface area contributed by atoms with Crippen LogP contribution in [0.5, 0.6) is 0 Å². The Morgan fingerprint density at radius 1 is 0.880 bits per heavy atom. The van der Waals surface area contributed by atoms with Gasteiger partial charge in [-0.15, -0.1) is 0 Å². The fraction of sp³-hybridized carbons (Fsp3) is 0.235. The molecule has 1 aliphatic rings. The first-order valence-corrected chi connectivity index (χ1v) is 9.88. The number of benzene rings is 2. The zero-order valence-corrected chi connectivity index (χ0v) is 15.6. The highest BCUT2D eigenvalue weighted by molar-refractivity contribution is 7.89. The number of amides is 1. The summed E-state index contributed by atoms with van der Waals surface area (Å²) in [6.45, 7) is 1.16. The molecule has 3 rings (SSSR count). The van der Waals surface area contributed by atoms with Gasteiger partial charge in [0.25, 0.3) is 5.91 Å². The number of carbonyl (C=O) groups excluding carboxylic acids is 1. The second-order valence-electron chi connectivity index (χ2n) is 5.66. The third kappa shape index (κ3) is 3.98. The van der Waals surface area contributed by atoms with E-state index in [1.165, 1.54) is 16.4 Å². The van der Waals surface area contributed by atoms with Gasteiger partial charge in [0.2, 0.25) is 10.0 Å². The molecule has 0 saturated carbocycles. The van der Waals surface area contributed by atoms with Crippen molar-refractivity contribution in [3.8, 4) is 0 Å². The first-order valence-electron chi connectivity index (χ1n) is 7.68. The highest BCUT2D eigenvalue weighted by Crippen LogP contribution is 2.21. The quantitative estimate of drug-likeness (QED) is 0.797. The van der Waals surface area contributed by atoms with Gasteiger partial charge in [-0.05, 0) is 42.5 Å². The molecule has 1 saturated heterocycles. The van der Waals surface area contributed by atoms with Crippen molar-refractivity contribution in [2.45, 2.75) is 4.90 Å². The van der Waals surface area contributed by atoms with E-state index in [9.17, 15) is 13.2 Å². The summed E-state index contributed by atoms with van der Waals surface area (Å²) < 4.78 is 26.7. The first-order chi connectivity index (χ1) is 11.9. The van der Waals surface area contributed by atoms with Crippen molar-refractivity contribution in [2.24, 2.45) is 0 Å². The maximum absolute atomic E-state index is 12.7. The lowest BCUT2D eigenvalue weighted by atomic mass is 10.2. The summed E-state index contributed by atoms with van der Waals surface area (Å²) in [5.74, 6) is -0.147. The first kappa shape index (κ1) is 18.2. The van der Waals surface area contributed by atoms with E-state index in [0.717, 1.165) is 0 Å². The van der Waals surface area contributed by atoms with Crippen LogP contribution in [0.1, 0.15) is 10.4 Å². The molecule has 0 N–H and O–H groups in total. The van der Waals surface area contributed by atoms with E-state index in [-0.39, 0.29) is 23.9 Å². The van der Waals surface area contributed by atoms with Gasteiger partial charge in [-0.2, -0.15) is 4.31 Å². The van der Waals surface area contributed by atoms with Crippen molar-refractivity contribution < 1.29 is 13.2 Å². The molecule has 0 atom stereocenters. The smallest absolute Gasteiger partial charge is 0.253 e. The second kappa shape index (κ2) is 7.33. The fourth-order valence-corrected chi connectivity index (χ4v) is 4.43. The van der Waals surface area contributed by atoms with Crippen LogP contribution in [0.3, 0.4) is 0 Å². The van der Waals surface area contributed by atoms with Crippen LogP contribution >= 0.6 is 23.2 Å². The van der Waals surface area contributed by atoms with Crippen LogP contribution in [0.4, 0.5) is 0 Å². The van der Waals surface area contributed by atoms with Crippen molar-refractivity contribution in [3.05, 3.63) is 64.1 Å². The molecule has 2 aromatic carbocycles. The zero-order valence-electron chi connectivity index (χ0n) is 13.2. The minimum Gasteiger partial charge on any atom is -0.336 e. The standard InChI is InChI=1S/C17H16Cl2N2O3S/c18-14-4-6-16(7-5-14)25(23,24)21-10-8-20(9-11-21)17(22)13-2-1-3-15(19)12-13/h1-7,12H,8-11H2. The number of sulfonamides is 1. The third-order valence-electron chi connectivity index (χ3n) is 4.05. The molecule has 25 heavy (non-hydrogen) atoms. The Hall–Kier alpha value is -1.60. The van der Waals surface area contributed by atoms with Crippen LogP contribution in [0.15, 0.2) is 53.4 Å². The van der Waals surface area contributed by atoms with E-state index in [1.807, 2.05) is 0 Å². The van der Waals surface area contributed by atoms with Gasteiger partial charge in [0.1, 0.15) is 0 Å². The topological polar surface area (TPSA) is 57.7 Å². The molecular weight excluding hydrogens is 383 g/mol. The van der Waals surface area contributed by atoms with Gasteiger partial charge in [0.15, 0.2) is 0 Å². The minimum atomic E-state index is -3.58. The molecule has 132 valence electrons. The van der Waals surface area contributed by atoms with Crippen molar-refractivity contribution in [2.75, 3.05) is 26.2 Å². The average molecular weight is 399 g/mol. The Morgan fingerprint density at radius 3 is 2.12 bits per heavy atom. The molecule has 0 unspecified atom stereocenters. The number of piperazine rings is 1. The van der Waals surface area contributed by atoms with Crippen molar-refractivity contribution >= 4 is 39.1 Å². The van der Waals surface area contributed by atoms with Crippen molar-refractivity contribution in [1.82, 2.24) is 9.21 Å². The van der Waals surface area contributed by atoms with Gasteiger partial charge in [-0.1, -0.05) is 29.3 Å². The minimum absolute atomic E-state index is 0.147. The number of hydrogen-bond donors (Lipinski definition) is 0. The Morgan fingerprint density at radius 2 is 1.52 bits per heavy atom. The molecular formula is C17H16Cl2N2O3S. The average Bonchev–Trinajstić information content (AvgIpc) is 2.61. The predicted octanol–water partition coefficient (Wildman–Crippen LogP) is 3.14. The van der Waals surface area contributed by atoms with E-state index in [0.29, 0.717) is 28.7 Å². The summed E-state index contributed by atoms with van der Waals surface area (Å²) in [5.41, 5.74) is 0.501. The fourth-order valence-electron chi connectivity index (χ4n) is 2.69. The van der Waals surface area contributed by atoms with Crippen molar-refractivity contribution in [3.63, 3.8) is 0 Å². The Labute approximate surface area is 156 Å². The lowest BCUT2D eigenvalue weighted by Gasteiger charge is -2.34. The van der Waals surface area contributed by atoms with E-state index in [4.69, 9.17) is 23.2 Å². The van der Waals surface area contributed by atoms with E-state index < -0.39 is 10.0 Å². The second-order valence-corrected chi connectivity index (χ2v) is 8.47. The van der Waals surface area contributed by atoms with E-state index >= 15 is 0 Å². The number of nitrogens with zero attached hydrogens (tertiary/aromatic N) is 2. The molecule has 0 aliphatic carbocycles. The van der Waals surface area contributed by atoms with E-state index in [1.54, 1.807) is 41.3 Å². The lowest BCUT2D eigenvalue weighted by Crippen LogP contribution is -2.50. The Bertz CT molecular complexity index is 877. The SMILES string of the molecule is O=C(c1cccc(Cl)c1)N1CCN(S(=O)(=O)c2ccc(Cl)cc2)CC1. The maximum atomic E-state index is 12.7.